The zero-order valence-corrected chi connectivity index (χ0v) is 8.42. The molecule has 0 aliphatic rings. The van der Waals surface area contributed by atoms with E-state index in [4.69, 9.17) is 15.1 Å². The molecule has 0 aliphatic heterocycles. The number of hydrogen-bond acceptors (Lipinski definition) is 5. The highest BCUT2D eigenvalue weighted by Gasteiger charge is 2.14. The van der Waals surface area contributed by atoms with Crippen LogP contribution in [0.4, 0.5) is 5.69 Å². The van der Waals surface area contributed by atoms with E-state index in [-0.39, 0.29) is 24.5 Å². The van der Waals surface area contributed by atoms with Crippen LogP contribution in [0, 0.1) is 21.4 Å². The number of benzene rings is 1. The molecule has 0 spiro atoms. The zero-order valence-electron chi connectivity index (χ0n) is 8.42. The lowest BCUT2D eigenvalue weighted by atomic mass is 10.2. The molecule has 1 rings (SSSR count). The highest BCUT2D eigenvalue weighted by atomic mass is 16.6. The summed E-state index contributed by atoms with van der Waals surface area (Å²) in [6, 6.07) is 5.77. The summed E-state index contributed by atoms with van der Waals surface area (Å²) in [4.78, 5) is 9.99. The Labute approximate surface area is 91.8 Å². The fourth-order valence-corrected chi connectivity index (χ4v) is 1.10. The van der Waals surface area contributed by atoms with Crippen molar-refractivity contribution in [3.05, 3.63) is 33.9 Å². The third-order valence-electron chi connectivity index (χ3n) is 1.86. The molecule has 1 aromatic rings. The van der Waals surface area contributed by atoms with Gasteiger partial charge in [-0.15, -0.1) is 0 Å². The molecule has 0 bridgehead atoms. The lowest BCUT2D eigenvalue weighted by Gasteiger charge is -2.04. The third-order valence-corrected chi connectivity index (χ3v) is 1.86. The van der Waals surface area contributed by atoms with Gasteiger partial charge in [-0.3, -0.25) is 10.1 Å². The quantitative estimate of drug-likeness (QED) is 0.459. The molecule has 0 heterocycles. The van der Waals surface area contributed by atoms with Crippen molar-refractivity contribution in [2.45, 2.75) is 6.42 Å². The second kappa shape index (κ2) is 5.68. The van der Waals surface area contributed by atoms with Crippen LogP contribution >= 0.6 is 0 Å². The van der Waals surface area contributed by atoms with Gasteiger partial charge in [-0.2, -0.15) is 5.26 Å². The van der Waals surface area contributed by atoms with Crippen molar-refractivity contribution in [3.8, 4) is 11.8 Å². The molecule has 84 valence electrons. The van der Waals surface area contributed by atoms with E-state index in [0.717, 1.165) is 0 Å². The smallest absolute Gasteiger partial charge is 0.290 e. The Kier molecular flexibility index (Phi) is 4.24. The summed E-state index contributed by atoms with van der Waals surface area (Å²) >= 11 is 0. The highest BCUT2D eigenvalue weighted by molar-refractivity contribution is 5.52. The summed E-state index contributed by atoms with van der Waals surface area (Å²) in [5, 5.41) is 27.8. The van der Waals surface area contributed by atoms with Gasteiger partial charge in [-0.1, -0.05) is 0 Å². The lowest BCUT2D eigenvalue weighted by Crippen LogP contribution is -2.00. The van der Waals surface area contributed by atoms with Gasteiger partial charge in [0.2, 0.25) is 0 Å². The molecule has 1 aromatic carbocycles. The number of aliphatic hydroxyl groups is 1. The van der Waals surface area contributed by atoms with Gasteiger partial charge >= 0.3 is 0 Å². The van der Waals surface area contributed by atoms with Gasteiger partial charge in [0, 0.05) is 13.0 Å². The predicted octanol–water partition coefficient (Wildman–Crippen LogP) is 1.23. The first-order valence-corrected chi connectivity index (χ1v) is 4.61. The number of aliphatic hydroxyl groups excluding tert-OH is 1. The Morgan fingerprint density at radius 3 is 2.88 bits per heavy atom. The first-order chi connectivity index (χ1) is 7.69. The largest absolute Gasteiger partial charge is 0.493 e. The maximum atomic E-state index is 10.6. The van der Waals surface area contributed by atoms with Gasteiger partial charge in [0.05, 0.1) is 17.6 Å². The van der Waals surface area contributed by atoms with E-state index < -0.39 is 4.92 Å². The minimum atomic E-state index is -0.628. The summed E-state index contributed by atoms with van der Waals surface area (Å²) in [6.07, 6.45) is 0.452. The molecular weight excluding hydrogens is 212 g/mol. The molecule has 0 aliphatic carbocycles. The third kappa shape index (κ3) is 2.93. The van der Waals surface area contributed by atoms with Crippen LogP contribution in [0.1, 0.15) is 12.0 Å². The van der Waals surface area contributed by atoms with E-state index in [1.54, 1.807) is 6.07 Å². The summed E-state index contributed by atoms with van der Waals surface area (Å²) in [6.45, 7) is 0.276. The molecule has 0 fully saturated rings. The fraction of sp³-hybridized carbons (Fsp3) is 0.300. The molecule has 16 heavy (non-hydrogen) atoms. The molecular formula is C10H10N2O4. The second-order valence-electron chi connectivity index (χ2n) is 2.97. The summed E-state index contributed by atoms with van der Waals surface area (Å²) in [7, 11) is 0. The van der Waals surface area contributed by atoms with Crippen molar-refractivity contribution in [2.24, 2.45) is 0 Å². The van der Waals surface area contributed by atoms with Gasteiger partial charge in [-0.05, 0) is 12.1 Å². The first kappa shape index (κ1) is 11.9. The Bertz CT molecular complexity index is 425. The molecule has 1 N–H and O–H groups in total. The molecule has 6 heteroatoms. The molecule has 0 saturated carbocycles. The maximum absolute atomic E-state index is 10.6. The van der Waals surface area contributed by atoms with Gasteiger partial charge < -0.3 is 9.84 Å². The van der Waals surface area contributed by atoms with Crippen LogP contribution in [0.3, 0.4) is 0 Å². The highest BCUT2D eigenvalue weighted by Crippen LogP contribution is 2.23. The number of ether oxygens (including phenoxy) is 1. The fourth-order valence-electron chi connectivity index (χ4n) is 1.10. The molecule has 6 nitrogen and oxygen atoms in total. The van der Waals surface area contributed by atoms with Crippen LogP contribution in [-0.2, 0) is 0 Å². The van der Waals surface area contributed by atoms with Crippen molar-refractivity contribution in [1.29, 1.82) is 5.26 Å². The Morgan fingerprint density at radius 1 is 1.56 bits per heavy atom. The number of nitro benzene ring substituents is 1. The SMILES string of the molecule is N#Cc1ccc(OCCCO)cc1[N+](=O)[O-]. The molecule has 0 unspecified atom stereocenters. The Balaban J connectivity index is 2.86. The Hall–Kier alpha value is -2.13. The maximum Gasteiger partial charge on any atom is 0.290 e. The van der Waals surface area contributed by atoms with Crippen LogP contribution in [0.25, 0.3) is 0 Å². The number of hydrogen-bond donors (Lipinski definition) is 1. The zero-order chi connectivity index (χ0) is 12.0. The lowest BCUT2D eigenvalue weighted by molar-refractivity contribution is -0.385. The average molecular weight is 222 g/mol. The van der Waals surface area contributed by atoms with Crippen molar-refractivity contribution in [3.63, 3.8) is 0 Å². The van der Waals surface area contributed by atoms with E-state index in [1.807, 2.05) is 0 Å². The van der Waals surface area contributed by atoms with Crippen LogP contribution in [0.2, 0.25) is 0 Å². The van der Waals surface area contributed by atoms with Crippen molar-refractivity contribution in [2.75, 3.05) is 13.2 Å². The summed E-state index contributed by atoms with van der Waals surface area (Å²) in [5.74, 6) is 0.319. The van der Waals surface area contributed by atoms with E-state index >= 15 is 0 Å². The van der Waals surface area contributed by atoms with Crippen LogP contribution in [0.5, 0.6) is 5.75 Å². The first-order valence-electron chi connectivity index (χ1n) is 4.61. The minimum Gasteiger partial charge on any atom is -0.493 e. The van der Waals surface area contributed by atoms with E-state index in [9.17, 15) is 10.1 Å². The number of nitriles is 1. The van der Waals surface area contributed by atoms with E-state index in [0.29, 0.717) is 12.2 Å². The van der Waals surface area contributed by atoms with Crippen molar-refractivity contribution < 1.29 is 14.8 Å². The van der Waals surface area contributed by atoms with Crippen molar-refractivity contribution >= 4 is 5.69 Å². The van der Waals surface area contributed by atoms with Crippen LogP contribution in [0.15, 0.2) is 18.2 Å². The van der Waals surface area contributed by atoms with E-state index in [2.05, 4.69) is 0 Å². The van der Waals surface area contributed by atoms with Gasteiger partial charge in [-0.25, -0.2) is 0 Å². The average Bonchev–Trinajstić information content (AvgIpc) is 2.29. The second-order valence-corrected chi connectivity index (χ2v) is 2.97. The minimum absolute atomic E-state index is 0.000455. The van der Waals surface area contributed by atoms with E-state index in [1.165, 1.54) is 18.2 Å². The Morgan fingerprint density at radius 2 is 2.31 bits per heavy atom. The van der Waals surface area contributed by atoms with Crippen LogP contribution < -0.4 is 4.74 Å². The number of nitrogens with zero attached hydrogens (tertiary/aromatic N) is 2. The van der Waals surface area contributed by atoms with Crippen molar-refractivity contribution in [1.82, 2.24) is 0 Å². The molecule has 0 aromatic heterocycles. The molecule has 0 atom stereocenters. The summed E-state index contributed by atoms with van der Waals surface area (Å²) < 4.78 is 5.16. The molecule has 0 saturated heterocycles. The van der Waals surface area contributed by atoms with Gasteiger partial charge in [0.15, 0.2) is 0 Å². The summed E-state index contributed by atoms with van der Waals surface area (Å²) in [5.41, 5.74) is -0.275. The topological polar surface area (TPSA) is 96.4 Å². The monoisotopic (exact) mass is 222 g/mol. The normalized spacial score (nSPS) is 9.50. The van der Waals surface area contributed by atoms with Crippen LogP contribution in [-0.4, -0.2) is 23.2 Å². The number of rotatable bonds is 5. The predicted molar refractivity (Wildman–Crippen MR) is 55.0 cm³/mol. The standard InChI is InChI=1S/C10H10N2O4/c11-7-8-2-3-9(16-5-1-4-13)6-10(8)12(14)15/h2-3,6,13H,1,4-5H2. The van der Waals surface area contributed by atoms with Gasteiger partial charge in [0.25, 0.3) is 5.69 Å². The molecule has 0 amide bonds. The molecule has 0 radical (unpaired) electrons. The van der Waals surface area contributed by atoms with Gasteiger partial charge in [0.1, 0.15) is 17.4 Å². The number of nitro groups is 1.